The van der Waals surface area contributed by atoms with Crippen molar-refractivity contribution in [2.24, 2.45) is 4.99 Å². The van der Waals surface area contributed by atoms with Crippen molar-refractivity contribution in [3.05, 3.63) is 69.8 Å². The van der Waals surface area contributed by atoms with Gasteiger partial charge in [0.25, 0.3) is 11.5 Å². The van der Waals surface area contributed by atoms with E-state index in [0.717, 1.165) is 55.1 Å². The Morgan fingerprint density at radius 2 is 1.97 bits per heavy atom. The Bertz CT molecular complexity index is 1260. The van der Waals surface area contributed by atoms with Crippen molar-refractivity contribution in [1.82, 2.24) is 14.5 Å². The van der Waals surface area contributed by atoms with Crippen molar-refractivity contribution in [3.8, 4) is 0 Å². The third kappa shape index (κ3) is 3.78. The maximum atomic E-state index is 13.3. The smallest absolute Gasteiger partial charge is 0.261 e. The number of hydrogen-bond donors (Lipinski definition) is 0. The normalized spacial score (nSPS) is 17.7. The van der Waals surface area contributed by atoms with Gasteiger partial charge in [0.1, 0.15) is 5.82 Å². The van der Waals surface area contributed by atoms with Gasteiger partial charge in [-0.15, -0.1) is 0 Å². The van der Waals surface area contributed by atoms with E-state index in [1.54, 1.807) is 39.4 Å². The summed E-state index contributed by atoms with van der Waals surface area (Å²) in [5, 5.41) is 1.29. The van der Waals surface area contributed by atoms with Gasteiger partial charge in [-0.2, -0.15) is 0 Å². The lowest BCUT2D eigenvalue weighted by Crippen LogP contribution is -2.32. The lowest BCUT2D eigenvalue weighted by molar-refractivity contribution is 0.0859. The van der Waals surface area contributed by atoms with Gasteiger partial charge in [-0.05, 0) is 49.6 Å². The zero-order valence-electron chi connectivity index (χ0n) is 17.5. The monoisotopic (exact) mass is 432 g/mol. The van der Waals surface area contributed by atoms with E-state index in [9.17, 15) is 9.59 Å². The molecular weight excluding hydrogens is 408 g/mol. The molecule has 0 unspecified atom stereocenters. The largest absolute Gasteiger partial charge is 0.296 e. The van der Waals surface area contributed by atoms with Crippen LogP contribution >= 0.6 is 11.8 Å². The molecule has 1 fully saturated rings. The lowest BCUT2D eigenvalue weighted by Gasteiger charge is -2.17. The Hall–Kier alpha value is -2.93. The first-order chi connectivity index (χ1) is 15.1. The number of carbonyl (C=O) groups is 1. The molecule has 2 aromatic carbocycles. The summed E-state index contributed by atoms with van der Waals surface area (Å²) in [5.41, 5.74) is 3.09. The molecule has 31 heavy (non-hydrogen) atoms. The molecule has 3 aromatic rings. The first-order valence-corrected chi connectivity index (χ1v) is 11.7. The molecule has 2 aliphatic rings. The minimum atomic E-state index is -0.101. The highest BCUT2D eigenvalue weighted by molar-refractivity contribution is 8.14. The summed E-state index contributed by atoms with van der Waals surface area (Å²) in [7, 11) is 0. The number of fused-ring (bicyclic) bond motifs is 2. The minimum absolute atomic E-state index is 0.000527. The van der Waals surface area contributed by atoms with E-state index >= 15 is 0 Å². The van der Waals surface area contributed by atoms with Crippen LogP contribution in [0.25, 0.3) is 10.9 Å². The van der Waals surface area contributed by atoms with E-state index in [2.05, 4.69) is 0 Å². The second kappa shape index (κ2) is 8.30. The van der Waals surface area contributed by atoms with Gasteiger partial charge >= 0.3 is 0 Å². The Labute approximate surface area is 185 Å². The second-order valence-corrected chi connectivity index (χ2v) is 9.08. The fourth-order valence-electron chi connectivity index (χ4n) is 4.18. The summed E-state index contributed by atoms with van der Waals surface area (Å²) in [5.74, 6) is 1.55. The Balaban J connectivity index is 1.51. The maximum absolute atomic E-state index is 13.3. The number of hydrogen-bond acceptors (Lipinski definition) is 5. The van der Waals surface area contributed by atoms with Gasteiger partial charge in [0, 0.05) is 30.8 Å². The van der Waals surface area contributed by atoms with Crippen molar-refractivity contribution < 1.29 is 4.79 Å². The van der Waals surface area contributed by atoms with Crippen LogP contribution < -0.4 is 5.56 Å². The van der Waals surface area contributed by atoms with Crippen LogP contribution in [-0.2, 0) is 13.0 Å². The van der Waals surface area contributed by atoms with Crippen molar-refractivity contribution in [3.63, 3.8) is 0 Å². The van der Waals surface area contributed by atoms with Crippen LogP contribution in [0.4, 0.5) is 5.69 Å². The molecule has 5 rings (SSSR count). The van der Waals surface area contributed by atoms with Gasteiger partial charge in [-0.1, -0.05) is 36.4 Å². The highest BCUT2D eigenvalue weighted by atomic mass is 32.2. The predicted molar refractivity (Wildman–Crippen MR) is 125 cm³/mol. The number of amidine groups is 1. The topological polar surface area (TPSA) is 67.6 Å². The Kier molecular flexibility index (Phi) is 5.36. The average molecular weight is 433 g/mol. The van der Waals surface area contributed by atoms with Gasteiger partial charge in [-0.25, -0.2) is 9.98 Å². The van der Waals surface area contributed by atoms with Crippen LogP contribution in [0.1, 0.15) is 41.0 Å². The number of para-hydroxylation sites is 1. The molecule has 0 spiro atoms. The minimum Gasteiger partial charge on any atom is -0.296 e. The number of aromatic nitrogens is 2. The van der Waals surface area contributed by atoms with E-state index in [4.69, 9.17) is 9.98 Å². The number of rotatable bonds is 2. The highest BCUT2D eigenvalue weighted by Crippen LogP contribution is 2.27. The van der Waals surface area contributed by atoms with Crippen molar-refractivity contribution in [1.29, 1.82) is 0 Å². The zero-order valence-corrected chi connectivity index (χ0v) is 18.3. The third-order valence-corrected chi connectivity index (χ3v) is 6.87. The zero-order chi connectivity index (χ0) is 21.4. The van der Waals surface area contributed by atoms with E-state index in [0.29, 0.717) is 28.2 Å². The molecule has 0 aliphatic carbocycles. The molecule has 3 heterocycles. The number of aliphatic imine (C=N–C) groups is 1. The summed E-state index contributed by atoms with van der Waals surface area (Å²) in [6.45, 7) is 3.36. The highest BCUT2D eigenvalue weighted by Gasteiger charge is 2.27. The van der Waals surface area contributed by atoms with Crippen molar-refractivity contribution >= 4 is 39.4 Å². The number of thioether (sulfide) groups is 1. The summed E-state index contributed by atoms with van der Waals surface area (Å²) in [6.07, 6.45) is 3.96. The Morgan fingerprint density at radius 3 is 2.84 bits per heavy atom. The SMILES string of the molecule is Cc1ccccc1N=C1SCCN1C(=O)c1ccc2c(=O)n3c(nc2c1)CCCCC3. The summed E-state index contributed by atoms with van der Waals surface area (Å²) >= 11 is 1.59. The molecule has 0 bridgehead atoms. The standard InChI is InChI=1S/C24H24N4O2S/c1-16-7-4-5-8-19(16)26-24-28(13-14-31-24)22(29)17-10-11-18-20(15-17)25-21-9-3-2-6-12-27(21)23(18)30/h4-5,7-8,10-11,15H,2-3,6,9,12-14H2,1H3. The molecule has 6 nitrogen and oxygen atoms in total. The number of carbonyl (C=O) groups excluding carboxylic acids is 1. The van der Waals surface area contributed by atoms with E-state index in [1.807, 2.05) is 31.2 Å². The van der Waals surface area contributed by atoms with Crippen LogP contribution in [0, 0.1) is 6.92 Å². The maximum Gasteiger partial charge on any atom is 0.261 e. The molecule has 1 amide bonds. The van der Waals surface area contributed by atoms with Gasteiger partial charge in [0.05, 0.1) is 16.6 Å². The first-order valence-electron chi connectivity index (χ1n) is 10.7. The van der Waals surface area contributed by atoms with Crippen LogP contribution in [0.5, 0.6) is 0 Å². The molecule has 1 aromatic heterocycles. The van der Waals surface area contributed by atoms with Gasteiger partial charge in [0.15, 0.2) is 5.17 Å². The van der Waals surface area contributed by atoms with Crippen LogP contribution in [-0.4, -0.2) is 37.8 Å². The van der Waals surface area contributed by atoms with E-state index in [-0.39, 0.29) is 11.5 Å². The molecule has 0 radical (unpaired) electrons. The van der Waals surface area contributed by atoms with Gasteiger partial charge in [0.2, 0.25) is 0 Å². The summed E-state index contributed by atoms with van der Waals surface area (Å²) < 4.78 is 1.81. The van der Waals surface area contributed by atoms with Crippen LogP contribution in [0.3, 0.4) is 0 Å². The summed E-state index contributed by atoms with van der Waals surface area (Å²) in [4.78, 5) is 37.5. The fraction of sp³-hybridized carbons (Fsp3) is 0.333. The average Bonchev–Trinajstić information content (AvgIpc) is 3.10. The summed E-state index contributed by atoms with van der Waals surface area (Å²) in [6, 6.07) is 13.2. The van der Waals surface area contributed by atoms with Crippen LogP contribution in [0.15, 0.2) is 52.3 Å². The molecule has 7 heteroatoms. The molecule has 0 N–H and O–H groups in total. The Morgan fingerprint density at radius 1 is 1.10 bits per heavy atom. The quantitative estimate of drug-likeness (QED) is 0.605. The number of aryl methyl sites for hydroxylation is 2. The van der Waals surface area contributed by atoms with Gasteiger partial charge < -0.3 is 0 Å². The predicted octanol–water partition coefficient (Wildman–Crippen LogP) is 4.31. The van der Waals surface area contributed by atoms with Crippen molar-refractivity contribution in [2.75, 3.05) is 12.3 Å². The first kappa shape index (κ1) is 20.0. The van der Waals surface area contributed by atoms with E-state index in [1.165, 1.54) is 0 Å². The van der Waals surface area contributed by atoms with E-state index < -0.39 is 0 Å². The second-order valence-electron chi connectivity index (χ2n) is 8.01. The molecule has 0 atom stereocenters. The van der Waals surface area contributed by atoms with Gasteiger partial charge in [-0.3, -0.25) is 19.1 Å². The number of nitrogens with zero attached hydrogens (tertiary/aromatic N) is 4. The molecular formula is C24H24N4O2S. The lowest BCUT2D eigenvalue weighted by atomic mass is 10.1. The van der Waals surface area contributed by atoms with Crippen molar-refractivity contribution in [2.45, 2.75) is 39.2 Å². The third-order valence-electron chi connectivity index (χ3n) is 5.92. The fourth-order valence-corrected chi connectivity index (χ4v) is 5.13. The molecule has 158 valence electrons. The number of amides is 1. The molecule has 2 aliphatic heterocycles. The number of benzene rings is 2. The molecule has 0 saturated carbocycles. The van der Waals surface area contributed by atoms with Crippen LogP contribution in [0.2, 0.25) is 0 Å². The molecule has 1 saturated heterocycles.